The second-order valence-corrected chi connectivity index (χ2v) is 8.12. The number of hydrogen-bond acceptors (Lipinski definition) is 3. The first-order valence-corrected chi connectivity index (χ1v) is 9.78. The minimum absolute atomic E-state index is 0.0134. The van der Waals surface area contributed by atoms with E-state index in [2.05, 4.69) is 5.32 Å². The Balaban J connectivity index is 2.06. The van der Waals surface area contributed by atoms with Crippen molar-refractivity contribution in [2.75, 3.05) is 18.1 Å². The number of carbonyl (C=O) groups is 1. The van der Waals surface area contributed by atoms with Gasteiger partial charge in [0.1, 0.15) is 0 Å². The summed E-state index contributed by atoms with van der Waals surface area (Å²) in [6.07, 6.45) is -3.48. The number of sulfonamides is 1. The van der Waals surface area contributed by atoms with Crippen LogP contribution in [0.4, 0.5) is 18.9 Å². The van der Waals surface area contributed by atoms with Crippen molar-refractivity contribution >= 4 is 21.6 Å². The van der Waals surface area contributed by atoms with Crippen LogP contribution >= 0.6 is 0 Å². The molecule has 2 aromatic rings. The lowest BCUT2D eigenvalue weighted by atomic mass is 10.1. The van der Waals surface area contributed by atoms with Gasteiger partial charge in [0.05, 0.1) is 18.4 Å². The number of nitrogens with one attached hydrogen (secondary N) is 1. The summed E-state index contributed by atoms with van der Waals surface area (Å²) in [6.45, 7) is 1.46. The van der Waals surface area contributed by atoms with Gasteiger partial charge in [0.2, 0.25) is 15.9 Å². The molecule has 5 nitrogen and oxygen atoms in total. The van der Waals surface area contributed by atoms with Gasteiger partial charge in [0.25, 0.3) is 0 Å². The number of rotatable bonds is 6. The van der Waals surface area contributed by atoms with Gasteiger partial charge in [-0.2, -0.15) is 17.5 Å². The second-order valence-electron chi connectivity index (χ2n) is 6.14. The van der Waals surface area contributed by atoms with E-state index in [1.807, 2.05) is 19.1 Å². The Hall–Kier alpha value is -2.39. The summed E-state index contributed by atoms with van der Waals surface area (Å²) in [4.78, 5) is 12.2. The van der Waals surface area contributed by atoms with E-state index in [0.717, 1.165) is 40.4 Å². The minimum atomic E-state index is -4.47. The van der Waals surface area contributed by atoms with Crippen LogP contribution in [0.1, 0.15) is 16.7 Å². The van der Waals surface area contributed by atoms with Crippen LogP contribution in [-0.4, -0.2) is 31.4 Å². The lowest BCUT2D eigenvalue weighted by Gasteiger charge is -2.20. The van der Waals surface area contributed by atoms with Gasteiger partial charge < -0.3 is 5.32 Å². The minimum Gasteiger partial charge on any atom is -0.325 e. The van der Waals surface area contributed by atoms with E-state index in [1.54, 1.807) is 12.1 Å². The van der Waals surface area contributed by atoms with E-state index in [4.69, 9.17) is 0 Å². The van der Waals surface area contributed by atoms with E-state index in [1.165, 1.54) is 0 Å². The molecule has 0 aromatic heterocycles. The van der Waals surface area contributed by atoms with Gasteiger partial charge in [-0.1, -0.05) is 29.8 Å². The molecule has 0 bridgehead atoms. The molecular formula is C18H19F3N2O3S. The van der Waals surface area contributed by atoms with E-state index in [0.29, 0.717) is 5.56 Å². The summed E-state index contributed by atoms with van der Waals surface area (Å²) in [5.74, 6) is -0.646. The van der Waals surface area contributed by atoms with Gasteiger partial charge in [0.15, 0.2) is 0 Å². The predicted molar refractivity (Wildman–Crippen MR) is 96.5 cm³/mol. The Kier molecular flexibility index (Phi) is 6.27. The zero-order valence-electron chi connectivity index (χ0n) is 14.7. The molecule has 146 valence electrons. The lowest BCUT2D eigenvalue weighted by Crippen LogP contribution is -2.36. The van der Waals surface area contributed by atoms with Crippen LogP contribution < -0.4 is 5.32 Å². The monoisotopic (exact) mass is 400 g/mol. The van der Waals surface area contributed by atoms with E-state index in [-0.39, 0.29) is 12.2 Å². The molecule has 9 heteroatoms. The van der Waals surface area contributed by atoms with Crippen LogP contribution in [0.15, 0.2) is 48.5 Å². The Morgan fingerprint density at radius 2 is 1.59 bits per heavy atom. The Morgan fingerprint density at radius 3 is 2.07 bits per heavy atom. The lowest BCUT2D eigenvalue weighted by molar-refractivity contribution is -0.137. The fourth-order valence-corrected chi connectivity index (χ4v) is 3.03. The average Bonchev–Trinajstić information content (AvgIpc) is 2.55. The number of nitrogens with zero attached hydrogens (tertiary/aromatic N) is 1. The molecule has 0 atom stereocenters. The fourth-order valence-electron chi connectivity index (χ4n) is 2.29. The number of carbonyl (C=O) groups excluding carboxylic acids is 1. The zero-order chi connectivity index (χ0) is 20.2. The fraction of sp³-hybridized carbons (Fsp3) is 0.278. The Bertz CT molecular complexity index is 893. The zero-order valence-corrected chi connectivity index (χ0v) is 15.6. The summed E-state index contributed by atoms with van der Waals surface area (Å²) in [5.41, 5.74) is 1.05. The molecular weight excluding hydrogens is 381 g/mol. The third-order valence-electron chi connectivity index (χ3n) is 3.76. The Labute approximate surface area is 155 Å². The number of aryl methyl sites for hydroxylation is 1. The maximum absolute atomic E-state index is 12.6. The summed E-state index contributed by atoms with van der Waals surface area (Å²) < 4.78 is 62.6. The van der Waals surface area contributed by atoms with Crippen molar-refractivity contribution < 1.29 is 26.4 Å². The average molecular weight is 400 g/mol. The smallest absolute Gasteiger partial charge is 0.325 e. The topological polar surface area (TPSA) is 66.5 Å². The highest BCUT2D eigenvalue weighted by Crippen LogP contribution is 2.29. The van der Waals surface area contributed by atoms with Gasteiger partial charge in [-0.25, -0.2) is 8.42 Å². The van der Waals surface area contributed by atoms with Crippen LogP contribution in [0.5, 0.6) is 0 Å². The molecule has 0 aliphatic heterocycles. The third kappa shape index (κ3) is 6.37. The number of anilines is 1. The number of halogens is 3. The highest BCUT2D eigenvalue weighted by atomic mass is 32.2. The van der Waals surface area contributed by atoms with Crippen LogP contribution in [0.3, 0.4) is 0 Å². The van der Waals surface area contributed by atoms with Crippen molar-refractivity contribution in [2.45, 2.75) is 19.6 Å². The van der Waals surface area contributed by atoms with Gasteiger partial charge in [0, 0.05) is 12.2 Å². The second kappa shape index (κ2) is 8.10. The first-order valence-electron chi connectivity index (χ1n) is 7.93. The normalized spacial score (nSPS) is 12.2. The standard InChI is InChI=1S/C18H19F3N2O3S/c1-13-3-5-14(6-4-13)11-23(27(2,25)26)12-17(24)22-16-9-7-15(8-10-16)18(19,20)21/h3-10H,11-12H2,1-2H3,(H,22,24). The summed E-state index contributed by atoms with van der Waals surface area (Å²) in [5, 5.41) is 2.41. The van der Waals surface area contributed by atoms with E-state index < -0.39 is 34.2 Å². The van der Waals surface area contributed by atoms with Crippen LogP contribution in [0, 0.1) is 6.92 Å². The Morgan fingerprint density at radius 1 is 1.04 bits per heavy atom. The molecule has 0 saturated heterocycles. The molecule has 0 fully saturated rings. The number of amides is 1. The largest absolute Gasteiger partial charge is 0.416 e. The first-order chi connectivity index (χ1) is 12.4. The van der Waals surface area contributed by atoms with Crippen LogP contribution in [-0.2, 0) is 27.5 Å². The van der Waals surface area contributed by atoms with E-state index >= 15 is 0 Å². The molecule has 0 saturated carbocycles. The van der Waals surface area contributed by atoms with Crippen LogP contribution in [0.2, 0.25) is 0 Å². The summed E-state index contributed by atoms with van der Waals surface area (Å²) in [6, 6.07) is 11.1. The van der Waals surface area contributed by atoms with Crippen molar-refractivity contribution in [2.24, 2.45) is 0 Å². The molecule has 0 aliphatic rings. The SMILES string of the molecule is Cc1ccc(CN(CC(=O)Nc2ccc(C(F)(F)F)cc2)S(C)(=O)=O)cc1. The molecule has 1 amide bonds. The predicted octanol–water partition coefficient (Wildman–Crippen LogP) is 3.41. The van der Waals surface area contributed by atoms with Crippen molar-refractivity contribution in [1.82, 2.24) is 4.31 Å². The molecule has 0 unspecified atom stereocenters. The van der Waals surface area contributed by atoms with Crippen LogP contribution in [0.25, 0.3) is 0 Å². The van der Waals surface area contributed by atoms with Gasteiger partial charge in [-0.05, 0) is 36.8 Å². The highest BCUT2D eigenvalue weighted by molar-refractivity contribution is 7.88. The van der Waals surface area contributed by atoms with Gasteiger partial charge in [-0.15, -0.1) is 0 Å². The first kappa shape index (κ1) is 20.9. The molecule has 27 heavy (non-hydrogen) atoms. The van der Waals surface area contributed by atoms with Crippen molar-refractivity contribution in [3.8, 4) is 0 Å². The third-order valence-corrected chi connectivity index (χ3v) is 4.96. The van der Waals surface area contributed by atoms with Gasteiger partial charge in [-0.3, -0.25) is 4.79 Å². The number of alkyl halides is 3. The molecule has 2 aromatic carbocycles. The van der Waals surface area contributed by atoms with E-state index in [9.17, 15) is 26.4 Å². The number of hydrogen-bond donors (Lipinski definition) is 1. The van der Waals surface area contributed by atoms with Crippen molar-refractivity contribution in [1.29, 1.82) is 0 Å². The number of benzene rings is 2. The highest BCUT2D eigenvalue weighted by Gasteiger charge is 2.30. The molecule has 0 radical (unpaired) electrons. The molecule has 0 spiro atoms. The molecule has 0 heterocycles. The quantitative estimate of drug-likeness (QED) is 0.808. The van der Waals surface area contributed by atoms with Crippen molar-refractivity contribution in [3.63, 3.8) is 0 Å². The maximum Gasteiger partial charge on any atom is 0.416 e. The maximum atomic E-state index is 12.6. The summed E-state index contributed by atoms with van der Waals surface area (Å²) >= 11 is 0. The summed E-state index contributed by atoms with van der Waals surface area (Å²) in [7, 11) is -3.66. The van der Waals surface area contributed by atoms with Gasteiger partial charge >= 0.3 is 6.18 Å². The molecule has 0 aliphatic carbocycles. The molecule has 1 N–H and O–H groups in total. The van der Waals surface area contributed by atoms with Crippen molar-refractivity contribution in [3.05, 3.63) is 65.2 Å². The molecule has 2 rings (SSSR count).